The number of methoxy groups -OCH3 is 1. The van der Waals surface area contributed by atoms with Crippen LogP contribution in [0.2, 0.25) is 0 Å². The number of likely N-dealkylation sites (N-methyl/N-ethyl adjacent to an activating group) is 1. The molecule has 4 heteroatoms. The molecule has 2 aromatic rings. The molecule has 0 aliphatic carbocycles. The van der Waals surface area contributed by atoms with Gasteiger partial charge in [0.05, 0.1) is 22.7 Å². The van der Waals surface area contributed by atoms with Gasteiger partial charge in [-0.05, 0) is 26.1 Å². The molecule has 0 amide bonds. The summed E-state index contributed by atoms with van der Waals surface area (Å²) in [5.74, 6) is 0.907. The van der Waals surface area contributed by atoms with Crippen LogP contribution in [-0.4, -0.2) is 25.7 Å². The highest BCUT2D eigenvalue weighted by atomic mass is 32.1. The smallest absolute Gasteiger partial charge is 0.127 e. The zero-order chi connectivity index (χ0) is 13.0. The third kappa shape index (κ3) is 2.71. The fraction of sp³-hybridized carbons (Fsp3) is 0.357. The Morgan fingerprint density at radius 3 is 2.83 bits per heavy atom. The van der Waals surface area contributed by atoms with Gasteiger partial charge < -0.3 is 10.1 Å². The first kappa shape index (κ1) is 13.1. The monoisotopic (exact) mass is 262 g/mol. The van der Waals surface area contributed by atoms with E-state index in [0.717, 1.165) is 30.0 Å². The van der Waals surface area contributed by atoms with Gasteiger partial charge in [0.2, 0.25) is 0 Å². The fourth-order valence-corrected chi connectivity index (χ4v) is 2.97. The molecule has 0 radical (unpaired) electrons. The standard InChI is InChI=1S/C14H18N2OS/c1-10-14(18-13(16-10)8-9-15-2)11-6-4-5-7-12(11)17-3/h4-7,15H,8-9H2,1-3H3. The van der Waals surface area contributed by atoms with Crippen LogP contribution in [0.3, 0.4) is 0 Å². The highest BCUT2D eigenvalue weighted by Gasteiger charge is 2.12. The summed E-state index contributed by atoms with van der Waals surface area (Å²) in [5, 5.41) is 4.32. The lowest BCUT2D eigenvalue weighted by molar-refractivity contribution is 0.416. The average molecular weight is 262 g/mol. The first-order valence-corrected chi connectivity index (χ1v) is 6.82. The summed E-state index contributed by atoms with van der Waals surface area (Å²) < 4.78 is 5.41. The van der Waals surface area contributed by atoms with Crippen molar-refractivity contribution in [2.45, 2.75) is 13.3 Å². The van der Waals surface area contributed by atoms with Crippen LogP contribution in [0.4, 0.5) is 0 Å². The lowest BCUT2D eigenvalue weighted by Gasteiger charge is -2.06. The van der Waals surface area contributed by atoms with E-state index < -0.39 is 0 Å². The van der Waals surface area contributed by atoms with Gasteiger partial charge in [-0.15, -0.1) is 11.3 Å². The summed E-state index contributed by atoms with van der Waals surface area (Å²) in [6.07, 6.45) is 0.969. The van der Waals surface area contributed by atoms with Gasteiger partial charge in [0.1, 0.15) is 5.75 Å². The molecular formula is C14H18N2OS. The Morgan fingerprint density at radius 2 is 2.11 bits per heavy atom. The number of aryl methyl sites for hydroxylation is 1. The van der Waals surface area contributed by atoms with Crippen molar-refractivity contribution in [3.63, 3.8) is 0 Å². The van der Waals surface area contributed by atoms with Gasteiger partial charge in [0.15, 0.2) is 0 Å². The minimum atomic E-state index is 0.907. The number of hydrogen-bond donors (Lipinski definition) is 1. The molecule has 0 spiro atoms. The minimum Gasteiger partial charge on any atom is -0.496 e. The second-order valence-corrected chi connectivity index (χ2v) is 5.16. The van der Waals surface area contributed by atoms with E-state index in [1.165, 1.54) is 9.88 Å². The van der Waals surface area contributed by atoms with E-state index in [1.807, 2.05) is 25.2 Å². The van der Waals surface area contributed by atoms with E-state index in [2.05, 4.69) is 23.3 Å². The summed E-state index contributed by atoms with van der Waals surface area (Å²) >= 11 is 1.75. The molecule has 0 fully saturated rings. The topological polar surface area (TPSA) is 34.2 Å². The number of para-hydroxylation sites is 1. The van der Waals surface area contributed by atoms with E-state index in [-0.39, 0.29) is 0 Å². The first-order chi connectivity index (χ1) is 8.76. The van der Waals surface area contributed by atoms with E-state index in [4.69, 9.17) is 4.74 Å². The number of aromatic nitrogens is 1. The van der Waals surface area contributed by atoms with E-state index in [1.54, 1.807) is 18.4 Å². The van der Waals surface area contributed by atoms with Crippen LogP contribution in [0.25, 0.3) is 10.4 Å². The normalized spacial score (nSPS) is 10.6. The lowest BCUT2D eigenvalue weighted by atomic mass is 10.1. The molecule has 96 valence electrons. The number of rotatable bonds is 5. The van der Waals surface area contributed by atoms with Crippen molar-refractivity contribution in [1.29, 1.82) is 0 Å². The van der Waals surface area contributed by atoms with Crippen LogP contribution < -0.4 is 10.1 Å². The lowest BCUT2D eigenvalue weighted by Crippen LogP contribution is -2.09. The summed E-state index contributed by atoms with van der Waals surface area (Å²) in [7, 11) is 3.67. The van der Waals surface area contributed by atoms with Gasteiger partial charge >= 0.3 is 0 Å². The fourth-order valence-electron chi connectivity index (χ4n) is 1.87. The third-order valence-corrected chi connectivity index (χ3v) is 4.03. The van der Waals surface area contributed by atoms with Gasteiger partial charge in [-0.3, -0.25) is 0 Å². The van der Waals surface area contributed by atoms with E-state index >= 15 is 0 Å². The Bertz CT molecular complexity index is 522. The number of benzene rings is 1. The summed E-state index contributed by atoms with van der Waals surface area (Å²) in [5.41, 5.74) is 2.21. The van der Waals surface area contributed by atoms with Crippen LogP contribution in [0.5, 0.6) is 5.75 Å². The number of nitrogens with one attached hydrogen (secondary N) is 1. The molecule has 0 bridgehead atoms. The molecule has 1 aromatic carbocycles. The molecule has 0 saturated carbocycles. The highest BCUT2D eigenvalue weighted by molar-refractivity contribution is 7.15. The second-order valence-electron chi connectivity index (χ2n) is 4.08. The average Bonchev–Trinajstić information content (AvgIpc) is 2.77. The molecule has 3 nitrogen and oxygen atoms in total. The van der Waals surface area contributed by atoms with Crippen molar-refractivity contribution >= 4 is 11.3 Å². The van der Waals surface area contributed by atoms with Crippen molar-refractivity contribution in [2.24, 2.45) is 0 Å². The summed E-state index contributed by atoms with van der Waals surface area (Å²) in [6.45, 7) is 3.01. The maximum absolute atomic E-state index is 5.41. The Hall–Kier alpha value is -1.39. The Balaban J connectivity index is 2.35. The Kier molecular flexibility index (Phi) is 4.33. The van der Waals surface area contributed by atoms with Crippen molar-refractivity contribution in [1.82, 2.24) is 10.3 Å². The van der Waals surface area contributed by atoms with Crippen molar-refractivity contribution < 1.29 is 4.74 Å². The number of hydrogen-bond acceptors (Lipinski definition) is 4. The molecule has 0 unspecified atom stereocenters. The highest BCUT2D eigenvalue weighted by Crippen LogP contribution is 2.36. The van der Waals surface area contributed by atoms with Crippen LogP contribution in [-0.2, 0) is 6.42 Å². The van der Waals surface area contributed by atoms with Crippen LogP contribution in [0, 0.1) is 6.92 Å². The van der Waals surface area contributed by atoms with Gasteiger partial charge in [-0.2, -0.15) is 0 Å². The number of thiazole rings is 1. The Morgan fingerprint density at radius 1 is 1.33 bits per heavy atom. The molecule has 0 aliphatic rings. The van der Waals surface area contributed by atoms with Gasteiger partial charge in [-0.25, -0.2) is 4.98 Å². The first-order valence-electron chi connectivity index (χ1n) is 6.00. The van der Waals surface area contributed by atoms with Crippen molar-refractivity contribution in [3.05, 3.63) is 35.0 Å². The maximum Gasteiger partial charge on any atom is 0.127 e. The molecule has 0 saturated heterocycles. The minimum absolute atomic E-state index is 0.907. The predicted molar refractivity (Wildman–Crippen MR) is 76.5 cm³/mol. The Labute approximate surface area is 112 Å². The molecule has 2 rings (SSSR count). The molecule has 1 heterocycles. The summed E-state index contributed by atoms with van der Waals surface area (Å²) in [6, 6.07) is 8.09. The maximum atomic E-state index is 5.41. The number of ether oxygens (including phenoxy) is 1. The largest absolute Gasteiger partial charge is 0.496 e. The zero-order valence-corrected chi connectivity index (χ0v) is 11.8. The van der Waals surface area contributed by atoms with Gasteiger partial charge in [0.25, 0.3) is 0 Å². The predicted octanol–water partition coefficient (Wildman–Crippen LogP) is 2.89. The third-order valence-electron chi connectivity index (χ3n) is 2.78. The van der Waals surface area contributed by atoms with E-state index in [0.29, 0.717) is 0 Å². The van der Waals surface area contributed by atoms with E-state index in [9.17, 15) is 0 Å². The van der Waals surface area contributed by atoms with Crippen LogP contribution in [0.15, 0.2) is 24.3 Å². The molecule has 1 aromatic heterocycles. The van der Waals surface area contributed by atoms with Crippen molar-refractivity contribution in [2.75, 3.05) is 20.7 Å². The van der Waals surface area contributed by atoms with Crippen molar-refractivity contribution in [3.8, 4) is 16.2 Å². The molecule has 0 atom stereocenters. The van der Waals surface area contributed by atoms with Gasteiger partial charge in [0, 0.05) is 18.5 Å². The molecular weight excluding hydrogens is 244 g/mol. The zero-order valence-electron chi connectivity index (χ0n) is 11.0. The molecule has 18 heavy (non-hydrogen) atoms. The van der Waals surface area contributed by atoms with Gasteiger partial charge in [-0.1, -0.05) is 12.1 Å². The quantitative estimate of drug-likeness (QED) is 0.899. The van der Waals surface area contributed by atoms with Crippen LogP contribution in [0.1, 0.15) is 10.7 Å². The summed E-state index contributed by atoms with van der Waals surface area (Å²) in [4.78, 5) is 5.83. The molecule has 1 N–H and O–H groups in total. The SMILES string of the molecule is CNCCc1nc(C)c(-c2ccccc2OC)s1. The van der Waals surface area contributed by atoms with Crippen LogP contribution >= 0.6 is 11.3 Å². The molecule has 0 aliphatic heterocycles. The second kappa shape index (κ2) is 5.98. The number of nitrogens with zero attached hydrogens (tertiary/aromatic N) is 1.